The van der Waals surface area contributed by atoms with Crippen molar-refractivity contribution < 1.29 is 18.7 Å². The largest absolute Gasteiger partial charge is 0.478 e. The first-order valence-corrected chi connectivity index (χ1v) is 11.4. The van der Waals surface area contributed by atoms with E-state index in [2.05, 4.69) is 17.2 Å². The summed E-state index contributed by atoms with van der Waals surface area (Å²) in [6.45, 7) is 3.60. The second-order valence-electron chi connectivity index (χ2n) is 8.72. The maximum absolute atomic E-state index is 14.9. The molecule has 34 heavy (non-hydrogen) atoms. The van der Waals surface area contributed by atoms with Crippen LogP contribution in [0.2, 0.25) is 0 Å². The fraction of sp³-hybridized carbons (Fsp3) is 0.296. The van der Waals surface area contributed by atoms with E-state index in [9.17, 15) is 9.18 Å². The van der Waals surface area contributed by atoms with E-state index in [4.69, 9.17) is 14.5 Å². The molecule has 0 N–H and O–H groups in total. The molecule has 2 aromatic carbocycles. The van der Waals surface area contributed by atoms with E-state index in [-0.39, 0.29) is 5.52 Å². The van der Waals surface area contributed by atoms with Crippen molar-refractivity contribution in [3.8, 4) is 11.4 Å². The number of ether oxygens (including phenoxy) is 2. The molecule has 0 spiro atoms. The third kappa shape index (κ3) is 4.14. The molecule has 1 fully saturated rings. The van der Waals surface area contributed by atoms with Gasteiger partial charge in [0, 0.05) is 29.4 Å². The molecule has 1 atom stereocenters. The van der Waals surface area contributed by atoms with E-state index < -0.39 is 17.9 Å². The van der Waals surface area contributed by atoms with Gasteiger partial charge in [0.2, 0.25) is 0 Å². The number of halogens is 1. The van der Waals surface area contributed by atoms with Crippen LogP contribution in [0.1, 0.15) is 48.1 Å². The molecule has 0 bridgehead atoms. The van der Waals surface area contributed by atoms with Crippen molar-refractivity contribution in [2.75, 3.05) is 7.11 Å². The number of hydrogen-bond donors (Lipinski definition) is 0. The standard InChI is InChI=1S/C27H26FN3O3/c1-16-21(15-18-5-9-20(10-6-18)31-14-4-13-29-31)25(19-7-8-19)30-26-22(28)11-12-23(24(16)26)34-17(2)27(32)33-3/h4-6,9-14,17,19H,7-8,15H2,1-3H3. The van der Waals surface area contributed by atoms with E-state index >= 15 is 0 Å². The maximum atomic E-state index is 14.9. The van der Waals surface area contributed by atoms with E-state index in [1.54, 1.807) is 19.2 Å². The van der Waals surface area contributed by atoms with E-state index in [0.29, 0.717) is 23.5 Å². The Kier molecular flexibility index (Phi) is 5.77. The summed E-state index contributed by atoms with van der Waals surface area (Å²) >= 11 is 0. The van der Waals surface area contributed by atoms with Crippen LogP contribution in [0.4, 0.5) is 4.39 Å². The van der Waals surface area contributed by atoms with Crippen LogP contribution in [0.3, 0.4) is 0 Å². The van der Waals surface area contributed by atoms with Crippen LogP contribution in [0.25, 0.3) is 16.6 Å². The van der Waals surface area contributed by atoms with Gasteiger partial charge in [-0.3, -0.25) is 0 Å². The molecular weight excluding hydrogens is 433 g/mol. The molecular formula is C27H26FN3O3. The summed E-state index contributed by atoms with van der Waals surface area (Å²) in [4.78, 5) is 16.7. The van der Waals surface area contributed by atoms with Gasteiger partial charge in [0.05, 0.1) is 12.8 Å². The highest BCUT2D eigenvalue weighted by atomic mass is 19.1. The fourth-order valence-electron chi connectivity index (χ4n) is 4.36. The smallest absolute Gasteiger partial charge is 0.346 e. The zero-order valence-corrected chi connectivity index (χ0v) is 19.4. The SMILES string of the molecule is COC(=O)C(C)Oc1ccc(F)c2nc(C3CC3)c(Cc3ccc(-n4cccn4)cc3)c(C)c12. The number of benzene rings is 2. The molecule has 2 heterocycles. The first-order chi connectivity index (χ1) is 16.5. The Hall–Kier alpha value is -3.74. The number of esters is 1. The van der Waals surface area contributed by atoms with Crippen LogP contribution in [0.15, 0.2) is 54.9 Å². The monoisotopic (exact) mass is 459 g/mol. The summed E-state index contributed by atoms with van der Waals surface area (Å²) in [7, 11) is 1.31. The third-order valence-electron chi connectivity index (χ3n) is 6.35. The number of rotatable bonds is 7. The predicted octanol–water partition coefficient (Wildman–Crippen LogP) is 5.28. The Morgan fingerprint density at radius 3 is 2.62 bits per heavy atom. The number of hydrogen-bond acceptors (Lipinski definition) is 5. The Morgan fingerprint density at radius 2 is 1.97 bits per heavy atom. The van der Waals surface area contributed by atoms with Crippen molar-refractivity contribution in [1.29, 1.82) is 0 Å². The highest BCUT2D eigenvalue weighted by molar-refractivity contribution is 5.90. The predicted molar refractivity (Wildman–Crippen MR) is 127 cm³/mol. The van der Waals surface area contributed by atoms with Crippen molar-refractivity contribution in [3.63, 3.8) is 0 Å². The average Bonchev–Trinajstić information content (AvgIpc) is 3.55. The van der Waals surface area contributed by atoms with E-state index in [0.717, 1.165) is 40.9 Å². The molecule has 4 aromatic rings. The van der Waals surface area contributed by atoms with Crippen molar-refractivity contribution in [2.45, 2.75) is 45.1 Å². The van der Waals surface area contributed by atoms with E-state index in [1.165, 1.54) is 13.2 Å². The Bertz CT molecular complexity index is 1350. The number of aromatic nitrogens is 3. The van der Waals surface area contributed by atoms with Gasteiger partial charge in [0.15, 0.2) is 6.10 Å². The summed E-state index contributed by atoms with van der Waals surface area (Å²) < 4.78 is 27.4. The first kappa shape index (κ1) is 22.1. The quantitative estimate of drug-likeness (QED) is 0.352. The van der Waals surface area contributed by atoms with Gasteiger partial charge in [-0.1, -0.05) is 12.1 Å². The summed E-state index contributed by atoms with van der Waals surface area (Å²) in [5, 5.41) is 4.88. The number of pyridine rings is 1. The van der Waals surface area contributed by atoms with Crippen LogP contribution in [-0.2, 0) is 16.0 Å². The zero-order chi connectivity index (χ0) is 23.8. The van der Waals surface area contributed by atoms with Gasteiger partial charge in [-0.05, 0) is 80.1 Å². The fourth-order valence-corrected chi connectivity index (χ4v) is 4.36. The molecule has 0 amide bonds. The second kappa shape index (κ2) is 8.89. The van der Waals surface area contributed by atoms with Crippen molar-refractivity contribution in [2.24, 2.45) is 0 Å². The van der Waals surface area contributed by atoms with Gasteiger partial charge in [-0.25, -0.2) is 18.9 Å². The topological polar surface area (TPSA) is 66.2 Å². The van der Waals surface area contributed by atoms with Crippen LogP contribution < -0.4 is 4.74 Å². The Morgan fingerprint density at radius 1 is 1.21 bits per heavy atom. The van der Waals surface area contributed by atoms with Gasteiger partial charge in [0.1, 0.15) is 17.1 Å². The number of aryl methyl sites for hydroxylation is 1. The minimum absolute atomic E-state index is 0.284. The normalized spacial score (nSPS) is 14.2. The summed E-state index contributed by atoms with van der Waals surface area (Å²) in [6.07, 6.45) is 5.62. The number of nitrogens with zero attached hydrogens (tertiary/aromatic N) is 3. The summed E-state index contributed by atoms with van der Waals surface area (Å²) in [5.74, 6) is -0.111. The summed E-state index contributed by atoms with van der Waals surface area (Å²) in [5.41, 5.74) is 5.37. The maximum Gasteiger partial charge on any atom is 0.346 e. The molecule has 6 nitrogen and oxygen atoms in total. The highest BCUT2D eigenvalue weighted by Gasteiger charge is 2.30. The van der Waals surface area contributed by atoms with Gasteiger partial charge >= 0.3 is 5.97 Å². The third-order valence-corrected chi connectivity index (χ3v) is 6.35. The molecule has 1 aliphatic carbocycles. The van der Waals surface area contributed by atoms with Crippen LogP contribution in [0.5, 0.6) is 5.75 Å². The van der Waals surface area contributed by atoms with Gasteiger partial charge in [-0.15, -0.1) is 0 Å². The Balaban J connectivity index is 1.58. The lowest BCUT2D eigenvalue weighted by Gasteiger charge is -2.19. The lowest BCUT2D eigenvalue weighted by molar-refractivity contribution is -0.147. The number of methoxy groups -OCH3 is 1. The number of fused-ring (bicyclic) bond motifs is 1. The second-order valence-corrected chi connectivity index (χ2v) is 8.72. The molecule has 1 unspecified atom stereocenters. The molecule has 5 rings (SSSR count). The van der Waals surface area contributed by atoms with Crippen LogP contribution in [-0.4, -0.2) is 33.9 Å². The van der Waals surface area contributed by atoms with Crippen LogP contribution in [0, 0.1) is 12.7 Å². The summed E-state index contributed by atoms with van der Waals surface area (Å²) in [6, 6.07) is 13.0. The van der Waals surface area contributed by atoms with Crippen molar-refractivity contribution in [3.05, 3.63) is 83.1 Å². The first-order valence-electron chi connectivity index (χ1n) is 11.4. The molecule has 0 saturated heterocycles. The van der Waals surface area contributed by atoms with Crippen molar-refractivity contribution >= 4 is 16.9 Å². The van der Waals surface area contributed by atoms with Crippen molar-refractivity contribution in [1.82, 2.24) is 14.8 Å². The molecule has 0 aliphatic heterocycles. The molecule has 174 valence electrons. The van der Waals surface area contributed by atoms with Gasteiger partial charge in [-0.2, -0.15) is 5.10 Å². The van der Waals surface area contributed by atoms with Crippen LogP contribution >= 0.6 is 0 Å². The molecule has 2 aromatic heterocycles. The van der Waals surface area contributed by atoms with Gasteiger partial charge in [0.25, 0.3) is 0 Å². The lowest BCUT2D eigenvalue weighted by Crippen LogP contribution is -2.25. The molecule has 7 heteroatoms. The van der Waals surface area contributed by atoms with E-state index in [1.807, 2.05) is 36.0 Å². The number of carbonyl (C=O) groups excluding carboxylic acids is 1. The minimum atomic E-state index is -0.820. The van der Waals surface area contributed by atoms with Gasteiger partial charge < -0.3 is 9.47 Å². The number of carbonyl (C=O) groups is 1. The molecule has 1 saturated carbocycles. The average molecular weight is 460 g/mol. The lowest BCUT2D eigenvalue weighted by atomic mass is 9.93. The zero-order valence-electron chi connectivity index (χ0n) is 19.4. The Labute approximate surface area is 197 Å². The molecule has 0 radical (unpaired) electrons. The molecule has 1 aliphatic rings. The highest BCUT2D eigenvalue weighted by Crippen LogP contribution is 2.44. The minimum Gasteiger partial charge on any atom is -0.478 e.